The normalized spacial score (nSPS) is 10.2. The van der Waals surface area contributed by atoms with Crippen molar-refractivity contribution in [2.75, 3.05) is 12.4 Å². The predicted octanol–water partition coefficient (Wildman–Crippen LogP) is 4.09. The first-order valence-corrected chi connectivity index (χ1v) is 7.03. The van der Waals surface area contributed by atoms with Gasteiger partial charge in [-0.2, -0.15) is 0 Å². The molecular weight excluding hydrogens is 321 g/mol. The third-order valence-electron chi connectivity index (χ3n) is 2.43. The average Bonchev–Trinajstić information content (AvgIpc) is 2.87. The minimum absolute atomic E-state index is 0.191. The Morgan fingerprint density at radius 2 is 1.95 bits per heavy atom. The van der Waals surface area contributed by atoms with Gasteiger partial charge in [-0.1, -0.05) is 23.2 Å². The fourth-order valence-electron chi connectivity index (χ4n) is 1.50. The van der Waals surface area contributed by atoms with E-state index in [0.29, 0.717) is 14.9 Å². The minimum atomic E-state index is -0.565. The van der Waals surface area contributed by atoms with Crippen LogP contribution in [0.5, 0.6) is 0 Å². The van der Waals surface area contributed by atoms with Crippen molar-refractivity contribution in [2.45, 2.75) is 0 Å². The van der Waals surface area contributed by atoms with E-state index in [-0.39, 0.29) is 16.5 Å². The van der Waals surface area contributed by atoms with Gasteiger partial charge in [-0.25, -0.2) is 4.79 Å². The van der Waals surface area contributed by atoms with Crippen molar-refractivity contribution in [3.05, 3.63) is 50.1 Å². The number of ether oxygens (including phenoxy) is 1. The Balaban J connectivity index is 2.22. The van der Waals surface area contributed by atoms with Gasteiger partial charge in [0.1, 0.15) is 0 Å². The Labute approximate surface area is 129 Å². The van der Waals surface area contributed by atoms with Crippen LogP contribution in [0.15, 0.2) is 30.3 Å². The lowest BCUT2D eigenvalue weighted by Gasteiger charge is -2.07. The van der Waals surface area contributed by atoms with E-state index in [2.05, 4.69) is 10.1 Å². The Kier molecular flexibility index (Phi) is 4.65. The van der Waals surface area contributed by atoms with E-state index in [4.69, 9.17) is 23.2 Å². The van der Waals surface area contributed by atoms with Crippen molar-refractivity contribution < 1.29 is 14.3 Å². The quantitative estimate of drug-likeness (QED) is 0.862. The maximum Gasteiger partial charge on any atom is 0.339 e. The number of methoxy groups -OCH3 is 1. The topological polar surface area (TPSA) is 55.4 Å². The van der Waals surface area contributed by atoms with E-state index in [1.54, 1.807) is 18.2 Å². The average molecular weight is 330 g/mol. The number of rotatable bonds is 3. The molecule has 2 aromatic rings. The first-order valence-electron chi connectivity index (χ1n) is 5.46. The predicted molar refractivity (Wildman–Crippen MR) is 80.1 cm³/mol. The zero-order valence-corrected chi connectivity index (χ0v) is 12.6. The number of amides is 1. The van der Waals surface area contributed by atoms with Gasteiger partial charge in [0, 0.05) is 5.69 Å². The van der Waals surface area contributed by atoms with Gasteiger partial charge in [0.15, 0.2) is 0 Å². The van der Waals surface area contributed by atoms with Crippen molar-refractivity contribution in [3.8, 4) is 0 Å². The molecule has 0 atom stereocenters. The number of nitrogens with one attached hydrogen (secondary N) is 1. The monoisotopic (exact) mass is 329 g/mol. The number of hydrogen-bond donors (Lipinski definition) is 1. The maximum absolute atomic E-state index is 12.0. The third-order valence-corrected chi connectivity index (χ3v) is 3.99. The smallest absolute Gasteiger partial charge is 0.339 e. The molecule has 0 saturated heterocycles. The molecule has 1 heterocycles. The number of carbonyl (C=O) groups excluding carboxylic acids is 2. The van der Waals surface area contributed by atoms with Gasteiger partial charge in [-0.3, -0.25) is 4.79 Å². The van der Waals surface area contributed by atoms with Gasteiger partial charge in [-0.05, 0) is 30.3 Å². The first kappa shape index (κ1) is 14.8. The third kappa shape index (κ3) is 3.30. The van der Waals surface area contributed by atoms with Gasteiger partial charge < -0.3 is 10.1 Å². The highest BCUT2D eigenvalue weighted by Gasteiger charge is 2.14. The number of halogens is 2. The Morgan fingerprint density at radius 3 is 2.55 bits per heavy atom. The number of esters is 1. The maximum atomic E-state index is 12.0. The molecule has 1 N–H and O–H groups in total. The Morgan fingerprint density at radius 1 is 1.20 bits per heavy atom. The van der Waals surface area contributed by atoms with Crippen molar-refractivity contribution in [1.82, 2.24) is 0 Å². The van der Waals surface area contributed by atoms with Crippen LogP contribution in [0.4, 0.5) is 5.69 Å². The molecule has 1 amide bonds. The van der Waals surface area contributed by atoms with Crippen molar-refractivity contribution in [2.24, 2.45) is 0 Å². The number of thiophene rings is 1. The van der Waals surface area contributed by atoms with E-state index in [1.165, 1.54) is 30.6 Å². The summed E-state index contributed by atoms with van der Waals surface area (Å²) in [6.07, 6.45) is 0. The molecule has 1 aromatic carbocycles. The fourth-order valence-corrected chi connectivity index (χ4v) is 2.63. The van der Waals surface area contributed by atoms with E-state index in [0.717, 1.165) is 0 Å². The highest BCUT2D eigenvalue weighted by Crippen LogP contribution is 2.24. The minimum Gasteiger partial charge on any atom is -0.465 e. The number of anilines is 1. The number of hydrogen-bond acceptors (Lipinski definition) is 4. The van der Waals surface area contributed by atoms with E-state index >= 15 is 0 Å². The van der Waals surface area contributed by atoms with Crippen molar-refractivity contribution in [1.29, 1.82) is 0 Å². The van der Waals surface area contributed by atoms with Crippen molar-refractivity contribution >= 4 is 52.1 Å². The molecule has 2 rings (SSSR count). The van der Waals surface area contributed by atoms with Crippen LogP contribution in [0.3, 0.4) is 0 Å². The van der Waals surface area contributed by atoms with Crippen LogP contribution in [0.1, 0.15) is 20.0 Å². The molecule has 0 spiro atoms. The zero-order chi connectivity index (χ0) is 14.7. The molecule has 0 fully saturated rings. The molecule has 0 unspecified atom stereocenters. The van der Waals surface area contributed by atoms with Crippen molar-refractivity contribution in [3.63, 3.8) is 0 Å². The van der Waals surface area contributed by atoms with Gasteiger partial charge in [0.2, 0.25) is 0 Å². The van der Waals surface area contributed by atoms with Crippen LogP contribution in [0, 0.1) is 0 Å². The van der Waals surface area contributed by atoms with Gasteiger partial charge >= 0.3 is 5.97 Å². The molecule has 20 heavy (non-hydrogen) atoms. The second-order valence-corrected chi connectivity index (χ2v) is 5.87. The Hall–Kier alpha value is -1.56. The van der Waals surface area contributed by atoms with E-state index < -0.39 is 5.97 Å². The van der Waals surface area contributed by atoms with Crippen LogP contribution in [-0.4, -0.2) is 19.0 Å². The first-order chi connectivity index (χ1) is 9.51. The molecule has 0 bridgehead atoms. The lowest BCUT2D eigenvalue weighted by atomic mass is 10.2. The summed E-state index contributed by atoms with van der Waals surface area (Å²) in [4.78, 5) is 23.9. The number of carbonyl (C=O) groups is 2. The molecule has 0 saturated carbocycles. The van der Waals surface area contributed by atoms with Gasteiger partial charge in [0.05, 0.1) is 26.9 Å². The molecule has 0 radical (unpaired) electrons. The molecule has 4 nitrogen and oxygen atoms in total. The summed E-state index contributed by atoms with van der Waals surface area (Å²) in [7, 11) is 1.26. The summed E-state index contributed by atoms with van der Waals surface area (Å²) in [5.74, 6) is -0.870. The summed E-state index contributed by atoms with van der Waals surface area (Å²) in [6, 6.07) is 7.84. The lowest BCUT2D eigenvalue weighted by molar-refractivity contribution is 0.0600. The fraction of sp³-hybridized carbons (Fsp3) is 0.0769. The highest BCUT2D eigenvalue weighted by molar-refractivity contribution is 7.18. The molecule has 0 aliphatic carbocycles. The van der Waals surface area contributed by atoms with Gasteiger partial charge in [0.25, 0.3) is 5.91 Å². The Bertz CT molecular complexity index is 669. The largest absolute Gasteiger partial charge is 0.465 e. The number of benzene rings is 1. The van der Waals surface area contributed by atoms with Crippen LogP contribution in [0.25, 0.3) is 0 Å². The molecule has 104 valence electrons. The standard InChI is InChI=1S/C13H9Cl2NO3S/c1-19-13(18)8-6-7(2-3-9(8)14)16-12(17)10-4-5-11(15)20-10/h2-6H,1H3,(H,16,17). The summed E-state index contributed by atoms with van der Waals surface area (Å²) in [5, 5.41) is 2.92. The molecule has 7 heteroatoms. The van der Waals surface area contributed by atoms with E-state index in [9.17, 15) is 9.59 Å². The molecule has 0 aliphatic heterocycles. The van der Waals surface area contributed by atoms with Gasteiger partial charge in [-0.15, -0.1) is 11.3 Å². The summed E-state index contributed by atoms with van der Waals surface area (Å²) in [6.45, 7) is 0. The summed E-state index contributed by atoms with van der Waals surface area (Å²) < 4.78 is 5.14. The molecular formula is C13H9Cl2NO3S. The van der Waals surface area contributed by atoms with E-state index in [1.807, 2.05) is 0 Å². The summed E-state index contributed by atoms with van der Waals surface area (Å²) in [5.41, 5.74) is 0.639. The van der Waals surface area contributed by atoms with Crippen LogP contribution in [-0.2, 0) is 4.74 Å². The zero-order valence-electron chi connectivity index (χ0n) is 10.3. The second kappa shape index (κ2) is 6.26. The van der Waals surface area contributed by atoms with Crippen LogP contribution < -0.4 is 5.32 Å². The van der Waals surface area contributed by atoms with Crippen LogP contribution in [0.2, 0.25) is 9.36 Å². The SMILES string of the molecule is COC(=O)c1cc(NC(=O)c2ccc(Cl)s2)ccc1Cl. The highest BCUT2D eigenvalue weighted by atomic mass is 35.5. The summed E-state index contributed by atoms with van der Waals surface area (Å²) >= 11 is 12.8. The molecule has 0 aliphatic rings. The van der Waals surface area contributed by atoms with Crippen LogP contribution >= 0.6 is 34.5 Å². The second-order valence-electron chi connectivity index (χ2n) is 3.74. The molecule has 1 aromatic heterocycles. The lowest BCUT2D eigenvalue weighted by Crippen LogP contribution is -2.11.